The van der Waals surface area contributed by atoms with Crippen molar-refractivity contribution in [1.82, 2.24) is 4.90 Å². The number of nitrogens with zero attached hydrogens (tertiary/aromatic N) is 1. The lowest BCUT2D eigenvalue weighted by Crippen LogP contribution is -2.34. The van der Waals surface area contributed by atoms with E-state index in [-0.39, 0.29) is 18.7 Å². The van der Waals surface area contributed by atoms with E-state index in [4.69, 9.17) is 15.9 Å². The van der Waals surface area contributed by atoms with E-state index >= 15 is 0 Å². The average molecular weight is 316 g/mol. The summed E-state index contributed by atoms with van der Waals surface area (Å²) < 4.78 is 11.1. The molecule has 2 rings (SSSR count). The fourth-order valence-corrected chi connectivity index (χ4v) is 2.34. The van der Waals surface area contributed by atoms with E-state index in [1.165, 1.54) is 0 Å². The van der Waals surface area contributed by atoms with Gasteiger partial charge in [0, 0.05) is 25.4 Å². The monoisotopic (exact) mass is 316 g/mol. The minimum atomic E-state index is -0.0991. The number of urea groups is 1. The highest BCUT2D eigenvalue weighted by Gasteiger charge is 2.26. The van der Waals surface area contributed by atoms with Crippen molar-refractivity contribution < 1.29 is 14.3 Å². The van der Waals surface area contributed by atoms with Gasteiger partial charge in [-0.1, -0.05) is 19.8 Å². The number of terminal acetylenes is 1. The van der Waals surface area contributed by atoms with Gasteiger partial charge in [-0.2, -0.15) is 0 Å². The first kappa shape index (κ1) is 17.2. The summed E-state index contributed by atoms with van der Waals surface area (Å²) in [5.74, 6) is 3.60. The predicted octanol–water partition coefficient (Wildman–Crippen LogP) is 2.98. The van der Waals surface area contributed by atoms with Crippen LogP contribution in [0.2, 0.25) is 0 Å². The molecule has 0 spiro atoms. The molecule has 1 N–H and O–H groups in total. The normalized spacial score (nSPS) is 17.1. The summed E-state index contributed by atoms with van der Waals surface area (Å²) >= 11 is 0. The lowest BCUT2D eigenvalue weighted by Gasteiger charge is -2.18. The number of hydrogen-bond donors (Lipinski definition) is 1. The molecule has 0 aromatic heterocycles. The van der Waals surface area contributed by atoms with Gasteiger partial charge in [0.2, 0.25) is 0 Å². The van der Waals surface area contributed by atoms with E-state index in [1.54, 1.807) is 29.2 Å². The molecule has 0 aliphatic carbocycles. The molecule has 1 atom stereocenters. The number of ether oxygens (including phenoxy) is 2. The Balaban J connectivity index is 1.79. The molecular formula is C18H24N2O3. The van der Waals surface area contributed by atoms with Crippen LogP contribution in [0.1, 0.15) is 20.3 Å². The Labute approximate surface area is 138 Å². The molecular weight excluding hydrogens is 292 g/mol. The van der Waals surface area contributed by atoms with Gasteiger partial charge in [-0.15, -0.1) is 6.42 Å². The van der Waals surface area contributed by atoms with Gasteiger partial charge in [0.25, 0.3) is 0 Å². The number of rotatable bonds is 6. The zero-order valence-corrected chi connectivity index (χ0v) is 13.7. The van der Waals surface area contributed by atoms with Crippen LogP contribution in [0.25, 0.3) is 0 Å². The standard InChI is InChI=1S/C18H24N2O3/c1-4-11-22-16-7-5-15(6-8-16)19-18(21)20-10-9-17(12-20)23-13-14(2)3/h1,5-8,14,17H,9-13H2,2-3H3,(H,19,21). The first-order valence-corrected chi connectivity index (χ1v) is 7.92. The summed E-state index contributed by atoms with van der Waals surface area (Å²) in [5.41, 5.74) is 0.731. The van der Waals surface area contributed by atoms with Gasteiger partial charge >= 0.3 is 6.03 Å². The number of carbonyl (C=O) groups is 1. The predicted molar refractivity (Wildman–Crippen MR) is 90.6 cm³/mol. The average Bonchev–Trinajstić information content (AvgIpc) is 3.01. The van der Waals surface area contributed by atoms with Crippen LogP contribution in [0.4, 0.5) is 10.5 Å². The Morgan fingerprint density at radius 3 is 2.83 bits per heavy atom. The Hall–Kier alpha value is -2.19. The Morgan fingerprint density at radius 1 is 1.43 bits per heavy atom. The second-order valence-corrected chi connectivity index (χ2v) is 6.03. The summed E-state index contributed by atoms with van der Waals surface area (Å²) in [6.45, 7) is 6.57. The smallest absolute Gasteiger partial charge is 0.321 e. The molecule has 5 nitrogen and oxygen atoms in total. The number of carbonyl (C=O) groups excluding carboxylic acids is 1. The van der Waals surface area contributed by atoms with E-state index in [9.17, 15) is 4.79 Å². The Bertz CT molecular complexity index is 548. The highest BCUT2D eigenvalue weighted by atomic mass is 16.5. The molecule has 1 saturated heterocycles. The van der Waals surface area contributed by atoms with Gasteiger partial charge in [-0.05, 0) is 36.6 Å². The quantitative estimate of drug-likeness (QED) is 0.821. The first-order chi connectivity index (χ1) is 11.1. The van der Waals surface area contributed by atoms with Gasteiger partial charge in [-0.3, -0.25) is 0 Å². The summed E-state index contributed by atoms with van der Waals surface area (Å²) in [6.07, 6.45) is 6.17. The molecule has 0 saturated carbocycles. The van der Waals surface area contributed by atoms with Crippen LogP contribution < -0.4 is 10.1 Å². The molecule has 1 aromatic rings. The molecule has 2 amide bonds. The van der Waals surface area contributed by atoms with Crippen LogP contribution in [-0.4, -0.2) is 43.3 Å². The van der Waals surface area contributed by atoms with Crippen molar-refractivity contribution in [3.05, 3.63) is 24.3 Å². The second kappa shape index (κ2) is 8.44. The third-order valence-corrected chi connectivity index (χ3v) is 3.53. The van der Waals surface area contributed by atoms with Gasteiger partial charge in [0.15, 0.2) is 0 Å². The van der Waals surface area contributed by atoms with Gasteiger partial charge < -0.3 is 19.7 Å². The first-order valence-electron chi connectivity index (χ1n) is 7.92. The molecule has 0 radical (unpaired) electrons. The van der Waals surface area contributed by atoms with Crippen molar-refractivity contribution in [3.8, 4) is 18.1 Å². The van der Waals surface area contributed by atoms with Crippen molar-refractivity contribution in [2.45, 2.75) is 26.4 Å². The fraction of sp³-hybridized carbons (Fsp3) is 0.500. The molecule has 1 unspecified atom stereocenters. The Morgan fingerprint density at radius 2 is 2.17 bits per heavy atom. The van der Waals surface area contributed by atoms with Crippen molar-refractivity contribution in [3.63, 3.8) is 0 Å². The molecule has 0 bridgehead atoms. The molecule has 124 valence electrons. The molecule has 1 aliphatic rings. The maximum atomic E-state index is 12.3. The zero-order chi connectivity index (χ0) is 16.7. The van der Waals surface area contributed by atoms with Crippen molar-refractivity contribution in [1.29, 1.82) is 0 Å². The topological polar surface area (TPSA) is 50.8 Å². The molecule has 1 heterocycles. The van der Waals surface area contributed by atoms with Crippen LogP contribution in [0, 0.1) is 18.3 Å². The second-order valence-electron chi connectivity index (χ2n) is 6.03. The van der Waals surface area contributed by atoms with Gasteiger partial charge in [0.1, 0.15) is 12.4 Å². The van der Waals surface area contributed by atoms with E-state index in [2.05, 4.69) is 25.1 Å². The van der Waals surface area contributed by atoms with Crippen molar-refractivity contribution >= 4 is 11.7 Å². The molecule has 5 heteroatoms. The number of benzene rings is 1. The minimum absolute atomic E-state index is 0.0991. The Kier molecular flexibility index (Phi) is 6.30. The summed E-state index contributed by atoms with van der Waals surface area (Å²) in [6, 6.07) is 7.06. The summed E-state index contributed by atoms with van der Waals surface area (Å²) in [4.78, 5) is 14.0. The van der Waals surface area contributed by atoms with Crippen LogP contribution in [0.15, 0.2) is 24.3 Å². The van der Waals surface area contributed by atoms with E-state index in [1.807, 2.05) is 0 Å². The summed E-state index contributed by atoms with van der Waals surface area (Å²) in [5, 5.41) is 2.89. The molecule has 1 fully saturated rings. The zero-order valence-electron chi connectivity index (χ0n) is 13.7. The third-order valence-electron chi connectivity index (χ3n) is 3.53. The number of anilines is 1. The van der Waals surface area contributed by atoms with E-state index in [0.29, 0.717) is 18.2 Å². The maximum Gasteiger partial charge on any atom is 0.321 e. The van der Waals surface area contributed by atoms with Crippen LogP contribution >= 0.6 is 0 Å². The van der Waals surface area contributed by atoms with Crippen LogP contribution in [0.3, 0.4) is 0 Å². The lowest BCUT2D eigenvalue weighted by atomic mass is 10.2. The van der Waals surface area contributed by atoms with Gasteiger partial charge in [0.05, 0.1) is 6.10 Å². The molecule has 23 heavy (non-hydrogen) atoms. The molecule has 1 aliphatic heterocycles. The largest absolute Gasteiger partial charge is 0.481 e. The number of nitrogens with one attached hydrogen (secondary N) is 1. The highest BCUT2D eigenvalue weighted by molar-refractivity contribution is 5.89. The lowest BCUT2D eigenvalue weighted by molar-refractivity contribution is 0.0440. The number of amides is 2. The maximum absolute atomic E-state index is 12.3. The SMILES string of the molecule is C#CCOc1ccc(NC(=O)N2CCC(OCC(C)C)C2)cc1. The van der Waals surface area contributed by atoms with Gasteiger partial charge in [-0.25, -0.2) is 4.79 Å². The van der Waals surface area contributed by atoms with E-state index < -0.39 is 0 Å². The van der Waals surface area contributed by atoms with E-state index in [0.717, 1.165) is 25.3 Å². The fourth-order valence-electron chi connectivity index (χ4n) is 2.34. The van der Waals surface area contributed by atoms with Crippen LogP contribution in [-0.2, 0) is 4.74 Å². The molecule has 1 aromatic carbocycles. The number of likely N-dealkylation sites (tertiary alicyclic amines) is 1. The van der Waals surface area contributed by atoms with Crippen molar-refractivity contribution in [2.75, 3.05) is 31.6 Å². The minimum Gasteiger partial charge on any atom is -0.481 e. The summed E-state index contributed by atoms with van der Waals surface area (Å²) in [7, 11) is 0. The van der Waals surface area contributed by atoms with Crippen LogP contribution in [0.5, 0.6) is 5.75 Å². The highest BCUT2D eigenvalue weighted by Crippen LogP contribution is 2.18. The van der Waals surface area contributed by atoms with Crippen molar-refractivity contribution in [2.24, 2.45) is 5.92 Å². The number of hydrogen-bond acceptors (Lipinski definition) is 3. The third kappa shape index (κ3) is 5.50.